The van der Waals surface area contributed by atoms with Gasteiger partial charge in [0.2, 0.25) is 0 Å². The van der Waals surface area contributed by atoms with Crippen LogP contribution < -0.4 is 0 Å². The van der Waals surface area contributed by atoms with Crippen LogP contribution in [0.2, 0.25) is 0 Å². The van der Waals surface area contributed by atoms with Gasteiger partial charge in [-0.15, -0.1) is 0 Å². The molecule has 0 amide bonds. The van der Waals surface area contributed by atoms with E-state index >= 15 is 0 Å². The molecule has 2 aromatic carbocycles. The molecule has 18 heavy (non-hydrogen) atoms. The third-order valence-electron chi connectivity index (χ3n) is 3.01. The highest BCUT2D eigenvalue weighted by atomic mass is 19.1. The quantitative estimate of drug-likeness (QED) is 0.649. The molecular weight excluding hydrogens is 223 g/mol. The minimum absolute atomic E-state index is 0.164. The Morgan fingerprint density at radius 2 is 1.56 bits per heavy atom. The highest BCUT2D eigenvalue weighted by molar-refractivity contribution is 5.18. The van der Waals surface area contributed by atoms with Gasteiger partial charge in [0.05, 0.1) is 0 Å². The van der Waals surface area contributed by atoms with Crippen LogP contribution in [0.1, 0.15) is 24.0 Å². The van der Waals surface area contributed by atoms with E-state index in [0.717, 1.165) is 19.3 Å². The third-order valence-corrected chi connectivity index (χ3v) is 3.01. The monoisotopic (exact) mass is 241 g/mol. The molecule has 2 rings (SSSR count). The lowest BCUT2D eigenvalue weighted by atomic mass is 10.0. The topological polar surface area (TPSA) is 0 Å². The zero-order valence-corrected chi connectivity index (χ0v) is 10.5. The maximum Gasteiger partial charge on any atom is 0.123 e. The van der Waals surface area contributed by atoms with Crippen LogP contribution in [-0.4, -0.2) is 0 Å². The minimum Gasteiger partial charge on any atom is -0.207 e. The summed E-state index contributed by atoms with van der Waals surface area (Å²) in [6.45, 7) is 0. The molecule has 2 aromatic rings. The molecule has 0 aliphatic carbocycles. The Hall–Kier alpha value is -1.63. The summed E-state index contributed by atoms with van der Waals surface area (Å²) in [6, 6.07) is 17.3. The van der Waals surface area contributed by atoms with Crippen molar-refractivity contribution in [1.82, 2.24) is 0 Å². The lowest BCUT2D eigenvalue weighted by Gasteiger charge is -2.02. The van der Waals surface area contributed by atoms with E-state index in [1.807, 2.05) is 18.2 Å². The molecule has 0 atom stereocenters. The molecule has 0 saturated heterocycles. The summed E-state index contributed by atoms with van der Waals surface area (Å²) in [7, 11) is 0. The molecule has 0 aliphatic heterocycles. The Morgan fingerprint density at radius 3 is 2.28 bits per heavy atom. The fourth-order valence-electron chi connectivity index (χ4n) is 1.98. The summed E-state index contributed by atoms with van der Waals surface area (Å²) in [5.41, 5.74) is 2.57. The Labute approximate surface area is 108 Å². The fourth-order valence-corrected chi connectivity index (χ4v) is 1.98. The van der Waals surface area contributed by atoms with Gasteiger partial charge in [0.25, 0.3) is 0 Å². The molecule has 0 saturated carbocycles. The van der Waals surface area contributed by atoms with Crippen LogP contribution in [0.25, 0.3) is 0 Å². The standard InChI is InChI=1S/C17H18F/c18-17-13-11-16(12-14-17)10-6-2-5-9-15-7-3-1-4-8-15/h1,3-4,6-8,11-14H,2,5,9-10H2. The Morgan fingerprint density at radius 1 is 0.833 bits per heavy atom. The molecule has 0 N–H and O–H groups in total. The molecule has 0 fully saturated rings. The number of hydrogen-bond donors (Lipinski definition) is 0. The molecule has 0 aliphatic rings. The third kappa shape index (κ3) is 4.33. The van der Waals surface area contributed by atoms with Crippen molar-refractivity contribution < 1.29 is 4.39 Å². The highest BCUT2D eigenvalue weighted by Crippen LogP contribution is 2.10. The van der Waals surface area contributed by atoms with Crippen LogP contribution in [0.15, 0.2) is 54.6 Å². The molecule has 93 valence electrons. The molecule has 0 heterocycles. The van der Waals surface area contributed by atoms with E-state index in [-0.39, 0.29) is 5.82 Å². The molecule has 0 bridgehead atoms. The van der Waals surface area contributed by atoms with Crippen molar-refractivity contribution in [2.75, 3.05) is 0 Å². The van der Waals surface area contributed by atoms with Crippen molar-refractivity contribution in [3.05, 3.63) is 78.0 Å². The van der Waals surface area contributed by atoms with Gasteiger partial charge in [-0.25, -0.2) is 4.39 Å². The molecule has 0 unspecified atom stereocenters. The van der Waals surface area contributed by atoms with Gasteiger partial charge < -0.3 is 0 Å². The van der Waals surface area contributed by atoms with E-state index in [0.29, 0.717) is 0 Å². The van der Waals surface area contributed by atoms with E-state index in [4.69, 9.17) is 0 Å². The normalized spacial score (nSPS) is 10.5. The first-order chi connectivity index (χ1) is 8.84. The maximum absolute atomic E-state index is 12.7. The second kappa shape index (κ2) is 6.95. The van der Waals surface area contributed by atoms with Crippen LogP contribution in [0, 0.1) is 12.2 Å². The summed E-state index contributed by atoms with van der Waals surface area (Å²) < 4.78 is 12.7. The average Bonchev–Trinajstić information content (AvgIpc) is 2.42. The van der Waals surface area contributed by atoms with E-state index in [1.54, 1.807) is 0 Å². The van der Waals surface area contributed by atoms with Gasteiger partial charge in [0.1, 0.15) is 5.82 Å². The van der Waals surface area contributed by atoms with Gasteiger partial charge in [-0.3, -0.25) is 0 Å². The summed E-state index contributed by atoms with van der Waals surface area (Å²) >= 11 is 0. The van der Waals surface area contributed by atoms with Crippen LogP contribution in [0.3, 0.4) is 0 Å². The van der Waals surface area contributed by atoms with Gasteiger partial charge >= 0.3 is 0 Å². The first kappa shape index (κ1) is 12.8. The van der Waals surface area contributed by atoms with Crippen LogP contribution in [0.5, 0.6) is 0 Å². The van der Waals surface area contributed by atoms with Gasteiger partial charge in [-0.05, 0) is 55.4 Å². The van der Waals surface area contributed by atoms with Crippen LogP contribution in [-0.2, 0) is 12.8 Å². The molecule has 1 radical (unpaired) electrons. The molecule has 0 aromatic heterocycles. The largest absolute Gasteiger partial charge is 0.207 e. The summed E-state index contributed by atoms with van der Waals surface area (Å²) in [5.74, 6) is -0.164. The summed E-state index contributed by atoms with van der Waals surface area (Å²) in [4.78, 5) is 0. The number of unbranched alkanes of at least 4 members (excludes halogenated alkanes) is 2. The molecule has 0 nitrogen and oxygen atoms in total. The predicted molar refractivity (Wildman–Crippen MR) is 73.8 cm³/mol. The van der Waals surface area contributed by atoms with Crippen molar-refractivity contribution in [2.24, 2.45) is 0 Å². The number of rotatable bonds is 6. The van der Waals surface area contributed by atoms with Crippen molar-refractivity contribution in [2.45, 2.75) is 25.7 Å². The van der Waals surface area contributed by atoms with Gasteiger partial charge in [-0.1, -0.05) is 42.5 Å². The smallest absolute Gasteiger partial charge is 0.123 e. The van der Waals surface area contributed by atoms with Gasteiger partial charge in [-0.2, -0.15) is 0 Å². The second-order valence-electron chi connectivity index (χ2n) is 4.50. The number of halogens is 1. The minimum atomic E-state index is -0.164. The van der Waals surface area contributed by atoms with E-state index < -0.39 is 0 Å². The van der Waals surface area contributed by atoms with Crippen molar-refractivity contribution in [3.63, 3.8) is 0 Å². The Balaban J connectivity index is 1.63. The molecule has 1 heteroatoms. The van der Waals surface area contributed by atoms with Gasteiger partial charge in [0, 0.05) is 0 Å². The van der Waals surface area contributed by atoms with E-state index in [1.165, 1.54) is 29.7 Å². The molecular formula is C17H18F. The van der Waals surface area contributed by atoms with Crippen LogP contribution in [0.4, 0.5) is 4.39 Å². The van der Waals surface area contributed by atoms with Crippen LogP contribution >= 0.6 is 0 Å². The maximum atomic E-state index is 12.7. The average molecular weight is 241 g/mol. The lowest BCUT2D eigenvalue weighted by molar-refractivity contribution is 0.627. The number of aryl methyl sites for hydroxylation is 1. The van der Waals surface area contributed by atoms with Crippen molar-refractivity contribution in [1.29, 1.82) is 0 Å². The lowest BCUT2D eigenvalue weighted by Crippen LogP contribution is -1.89. The SMILES string of the molecule is Fc1ccc(C[CH]CCCc2ccccc2)cc1. The number of hydrogen-bond acceptors (Lipinski definition) is 0. The zero-order chi connectivity index (χ0) is 12.6. The van der Waals surface area contributed by atoms with Crippen molar-refractivity contribution in [3.8, 4) is 0 Å². The van der Waals surface area contributed by atoms with Crippen molar-refractivity contribution >= 4 is 0 Å². The second-order valence-corrected chi connectivity index (χ2v) is 4.50. The van der Waals surface area contributed by atoms with Gasteiger partial charge in [0.15, 0.2) is 0 Å². The van der Waals surface area contributed by atoms with E-state index in [2.05, 4.69) is 30.7 Å². The zero-order valence-electron chi connectivity index (χ0n) is 10.5. The fraction of sp³-hybridized carbons (Fsp3) is 0.235. The van der Waals surface area contributed by atoms with E-state index in [9.17, 15) is 4.39 Å². The summed E-state index contributed by atoms with van der Waals surface area (Å²) in [5, 5.41) is 0. The number of benzene rings is 2. The Kier molecular flexibility index (Phi) is 4.95. The Bertz CT molecular complexity index is 445. The predicted octanol–water partition coefficient (Wildman–Crippen LogP) is 4.60. The highest BCUT2D eigenvalue weighted by Gasteiger charge is 1.96. The molecule has 0 spiro atoms. The summed E-state index contributed by atoms with van der Waals surface area (Å²) in [6.07, 6.45) is 6.60. The first-order valence-electron chi connectivity index (χ1n) is 6.44. The first-order valence-corrected chi connectivity index (χ1v) is 6.44.